The molecule has 0 aliphatic heterocycles. The molecule has 18 heavy (non-hydrogen) atoms. The number of amides is 1. The highest BCUT2D eigenvalue weighted by Gasteiger charge is 2.40. The molecule has 1 aliphatic carbocycles. The van der Waals surface area contributed by atoms with Crippen molar-refractivity contribution in [3.63, 3.8) is 0 Å². The van der Waals surface area contributed by atoms with Gasteiger partial charge < -0.3 is 16.2 Å². The largest absolute Gasteiger partial charge is 0.367 e. The first-order valence-electron chi connectivity index (χ1n) is 6.36. The first-order chi connectivity index (χ1) is 8.62. The van der Waals surface area contributed by atoms with Gasteiger partial charge in [-0.2, -0.15) is 0 Å². The van der Waals surface area contributed by atoms with E-state index in [0.717, 1.165) is 18.4 Å². The quantitative estimate of drug-likeness (QED) is 0.843. The van der Waals surface area contributed by atoms with Crippen LogP contribution < -0.4 is 11.5 Å². The van der Waals surface area contributed by atoms with Crippen LogP contribution in [0.5, 0.6) is 0 Å². The number of ether oxygens (including phenoxy) is 1. The molecule has 1 aromatic carbocycles. The van der Waals surface area contributed by atoms with Crippen molar-refractivity contribution in [3.05, 3.63) is 35.9 Å². The van der Waals surface area contributed by atoms with Crippen molar-refractivity contribution in [1.82, 2.24) is 0 Å². The van der Waals surface area contributed by atoms with Gasteiger partial charge in [-0.25, -0.2) is 0 Å². The maximum atomic E-state index is 11.7. The lowest BCUT2D eigenvalue weighted by atomic mass is 9.81. The van der Waals surface area contributed by atoms with Gasteiger partial charge in [-0.1, -0.05) is 30.3 Å². The molecule has 4 heteroatoms. The Bertz CT molecular complexity index is 398. The summed E-state index contributed by atoms with van der Waals surface area (Å²) in [7, 11) is 0. The number of hydrogen-bond acceptors (Lipinski definition) is 3. The van der Waals surface area contributed by atoms with Gasteiger partial charge in [0.2, 0.25) is 5.91 Å². The molecule has 1 amide bonds. The Kier molecular flexibility index (Phi) is 3.99. The highest BCUT2D eigenvalue weighted by Crippen LogP contribution is 2.31. The van der Waals surface area contributed by atoms with E-state index in [1.807, 2.05) is 30.3 Å². The lowest BCUT2D eigenvalue weighted by Gasteiger charge is -2.36. The number of benzene rings is 1. The van der Waals surface area contributed by atoms with Crippen LogP contribution in [0.15, 0.2) is 30.3 Å². The number of primary amides is 1. The summed E-state index contributed by atoms with van der Waals surface area (Å²) in [6.07, 6.45) is 2.82. The summed E-state index contributed by atoms with van der Waals surface area (Å²) in [5.41, 5.74) is 11.6. The van der Waals surface area contributed by atoms with Gasteiger partial charge in [-0.15, -0.1) is 0 Å². The van der Waals surface area contributed by atoms with Crippen LogP contribution in [0.3, 0.4) is 0 Å². The van der Waals surface area contributed by atoms with E-state index < -0.39 is 5.60 Å². The molecular weight excluding hydrogens is 228 g/mol. The molecule has 0 atom stereocenters. The fourth-order valence-electron chi connectivity index (χ4n) is 2.36. The topological polar surface area (TPSA) is 78.3 Å². The summed E-state index contributed by atoms with van der Waals surface area (Å²) in [5, 5.41) is 0. The zero-order chi connectivity index (χ0) is 13.0. The molecular formula is C14H20N2O2. The van der Waals surface area contributed by atoms with Gasteiger partial charge >= 0.3 is 0 Å². The molecule has 0 bridgehead atoms. The number of carbonyl (C=O) groups is 1. The molecule has 4 N–H and O–H groups in total. The van der Waals surface area contributed by atoms with Gasteiger partial charge in [-0.05, 0) is 31.2 Å². The summed E-state index contributed by atoms with van der Waals surface area (Å²) >= 11 is 0. The molecule has 1 aromatic rings. The second-order valence-electron chi connectivity index (χ2n) is 4.97. The van der Waals surface area contributed by atoms with Crippen LogP contribution in [0.2, 0.25) is 0 Å². The molecule has 4 nitrogen and oxygen atoms in total. The third kappa shape index (κ3) is 2.89. The van der Waals surface area contributed by atoms with E-state index in [2.05, 4.69) is 0 Å². The molecule has 0 heterocycles. The highest BCUT2D eigenvalue weighted by atomic mass is 16.5. The van der Waals surface area contributed by atoms with E-state index in [4.69, 9.17) is 16.2 Å². The fourth-order valence-corrected chi connectivity index (χ4v) is 2.36. The molecule has 1 fully saturated rings. The maximum absolute atomic E-state index is 11.7. The van der Waals surface area contributed by atoms with Gasteiger partial charge in [0.1, 0.15) is 5.60 Å². The monoisotopic (exact) mass is 248 g/mol. The van der Waals surface area contributed by atoms with Crippen molar-refractivity contribution in [2.75, 3.05) is 0 Å². The predicted octanol–water partition coefficient (Wildman–Crippen LogP) is 1.33. The van der Waals surface area contributed by atoms with E-state index in [1.165, 1.54) is 0 Å². The summed E-state index contributed by atoms with van der Waals surface area (Å²) in [5.74, 6) is -0.370. The van der Waals surface area contributed by atoms with Crippen LogP contribution in [0.25, 0.3) is 0 Å². The Morgan fingerprint density at radius 3 is 2.44 bits per heavy atom. The standard InChI is InChI=1S/C14H20N2O2/c15-12-6-8-14(9-7-12,13(16)17)18-10-11-4-2-1-3-5-11/h1-5,12H,6-10,15H2,(H2,16,17). The zero-order valence-electron chi connectivity index (χ0n) is 10.5. The first-order valence-corrected chi connectivity index (χ1v) is 6.36. The number of nitrogens with two attached hydrogens (primary N) is 2. The van der Waals surface area contributed by atoms with Gasteiger partial charge in [0.15, 0.2) is 0 Å². The Balaban J connectivity index is 2.01. The zero-order valence-corrected chi connectivity index (χ0v) is 10.5. The summed E-state index contributed by atoms with van der Waals surface area (Å²) in [4.78, 5) is 11.7. The van der Waals surface area contributed by atoms with Crippen LogP contribution in [0, 0.1) is 0 Å². The minimum Gasteiger partial charge on any atom is -0.367 e. The van der Waals surface area contributed by atoms with Crippen molar-refractivity contribution >= 4 is 5.91 Å². The van der Waals surface area contributed by atoms with E-state index in [9.17, 15) is 4.79 Å². The Hall–Kier alpha value is -1.39. The average Bonchev–Trinajstić information content (AvgIpc) is 2.39. The number of carbonyl (C=O) groups excluding carboxylic acids is 1. The lowest BCUT2D eigenvalue weighted by molar-refractivity contribution is -0.151. The van der Waals surface area contributed by atoms with E-state index >= 15 is 0 Å². The molecule has 0 spiro atoms. The third-order valence-corrected chi connectivity index (χ3v) is 3.64. The van der Waals surface area contributed by atoms with Gasteiger partial charge in [-0.3, -0.25) is 4.79 Å². The van der Waals surface area contributed by atoms with Crippen molar-refractivity contribution in [2.24, 2.45) is 11.5 Å². The van der Waals surface area contributed by atoms with Gasteiger partial charge in [0, 0.05) is 6.04 Å². The van der Waals surface area contributed by atoms with E-state index in [0.29, 0.717) is 19.4 Å². The first kappa shape index (κ1) is 13.1. The van der Waals surface area contributed by atoms with Crippen LogP contribution in [0.1, 0.15) is 31.2 Å². The molecule has 1 aliphatic rings. The average molecular weight is 248 g/mol. The predicted molar refractivity (Wildman–Crippen MR) is 69.6 cm³/mol. The highest BCUT2D eigenvalue weighted by molar-refractivity contribution is 5.83. The molecule has 98 valence electrons. The van der Waals surface area contributed by atoms with Crippen molar-refractivity contribution in [2.45, 2.75) is 43.9 Å². The van der Waals surface area contributed by atoms with Crippen molar-refractivity contribution < 1.29 is 9.53 Å². The molecule has 0 aromatic heterocycles. The molecule has 1 saturated carbocycles. The Morgan fingerprint density at radius 2 is 1.89 bits per heavy atom. The van der Waals surface area contributed by atoms with Crippen molar-refractivity contribution in [3.8, 4) is 0 Å². The summed E-state index contributed by atoms with van der Waals surface area (Å²) in [6, 6.07) is 9.97. The van der Waals surface area contributed by atoms with Gasteiger partial charge in [0.25, 0.3) is 0 Å². The SMILES string of the molecule is NC(=O)C1(OCc2ccccc2)CCC(N)CC1. The molecule has 0 radical (unpaired) electrons. The van der Waals surface area contributed by atoms with Crippen LogP contribution >= 0.6 is 0 Å². The van der Waals surface area contributed by atoms with Crippen molar-refractivity contribution in [1.29, 1.82) is 0 Å². The minimum atomic E-state index is -0.828. The summed E-state index contributed by atoms with van der Waals surface area (Å²) in [6.45, 7) is 0.416. The second-order valence-corrected chi connectivity index (χ2v) is 4.97. The third-order valence-electron chi connectivity index (χ3n) is 3.64. The molecule has 0 saturated heterocycles. The number of rotatable bonds is 4. The lowest BCUT2D eigenvalue weighted by Crippen LogP contribution is -2.50. The van der Waals surface area contributed by atoms with Gasteiger partial charge in [0.05, 0.1) is 6.61 Å². The minimum absolute atomic E-state index is 0.165. The molecule has 0 unspecified atom stereocenters. The Morgan fingerprint density at radius 1 is 1.28 bits per heavy atom. The Labute approximate surface area is 107 Å². The van der Waals surface area contributed by atoms with Crippen LogP contribution in [0.4, 0.5) is 0 Å². The normalized spacial score (nSPS) is 27.9. The smallest absolute Gasteiger partial charge is 0.249 e. The van der Waals surface area contributed by atoms with E-state index in [-0.39, 0.29) is 11.9 Å². The van der Waals surface area contributed by atoms with Crippen LogP contribution in [-0.4, -0.2) is 17.6 Å². The summed E-state index contributed by atoms with van der Waals surface area (Å²) < 4.78 is 5.84. The number of hydrogen-bond donors (Lipinski definition) is 2. The fraction of sp³-hybridized carbons (Fsp3) is 0.500. The molecule has 2 rings (SSSR count). The van der Waals surface area contributed by atoms with E-state index in [1.54, 1.807) is 0 Å². The van der Waals surface area contributed by atoms with Crippen LogP contribution in [-0.2, 0) is 16.1 Å². The second kappa shape index (κ2) is 5.50. The maximum Gasteiger partial charge on any atom is 0.249 e.